The highest BCUT2D eigenvalue weighted by Gasteiger charge is 2.32. The molecule has 0 bridgehead atoms. The van der Waals surface area contributed by atoms with E-state index >= 15 is 0 Å². The van der Waals surface area contributed by atoms with E-state index in [4.69, 9.17) is 23.2 Å². The van der Waals surface area contributed by atoms with Crippen LogP contribution in [0.4, 0.5) is 0 Å². The van der Waals surface area contributed by atoms with E-state index in [1.807, 2.05) is 30.3 Å². The Morgan fingerprint density at radius 2 is 1.63 bits per heavy atom. The number of benzene rings is 3. The van der Waals surface area contributed by atoms with Crippen LogP contribution in [0.3, 0.4) is 0 Å². The van der Waals surface area contributed by atoms with E-state index in [2.05, 4.69) is 41.3 Å². The van der Waals surface area contributed by atoms with Gasteiger partial charge in [0.25, 0.3) is 0 Å². The SMILES string of the molecule is O=C(O)C1CCCN(C(c2ccc(-c3ccccc3)cc2)c2cccc(Cl)c2Cl)C1. The van der Waals surface area contributed by atoms with Gasteiger partial charge in [-0.25, -0.2) is 0 Å². The highest BCUT2D eigenvalue weighted by atomic mass is 35.5. The molecule has 1 saturated heterocycles. The number of hydrogen-bond donors (Lipinski definition) is 1. The Balaban J connectivity index is 1.74. The minimum absolute atomic E-state index is 0.150. The number of aliphatic carboxylic acids is 1. The number of halogens is 2. The van der Waals surface area contributed by atoms with Gasteiger partial charge >= 0.3 is 5.97 Å². The lowest BCUT2D eigenvalue weighted by atomic mass is 9.90. The van der Waals surface area contributed by atoms with Crippen molar-refractivity contribution in [2.45, 2.75) is 18.9 Å². The normalized spacial score (nSPS) is 18.1. The fourth-order valence-electron chi connectivity index (χ4n) is 4.25. The van der Waals surface area contributed by atoms with Gasteiger partial charge in [-0.3, -0.25) is 9.69 Å². The van der Waals surface area contributed by atoms with Crippen LogP contribution in [-0.2, 0) is 4.79 Å². The maximum atomic E-state index is 11.6. The molecule has 0 spiro atoms. The number of rotatable bonds is 5. The molecule has 2 atom stereocenters. The fraction of sp³-hybridized carbons (Fsp3) is 0.240. The molecule has 1 aliphatic heterocycles. The first-order chi connectivity index (χ1) is 14.5. The summed E-state index contributed by atoms with van der Waals surface area (Å²) in [5, 5.41) is 10.6. The first-order valence-electron chi connectivity index (χ1n) is 10.1. The Morgan fingerprint density at radius 1 is 0.933 bits per heavy atom. The molecule has 154 valence electrons. The van der Waals surface area contributed by atoms with Crippen LogP contribution in [0, 0.1) is 5.92 Å². The second-order valence-electron chi connectivity index (χ2n) is 7.71. The van der Waals surface area contributed by atoms with Crippen molar-refractivity contribution in [3.8, 4) is 11.1 Å². The first-order valence-corrected chi connectivity index (χ1v) is 10.9. The van der Waals surface area contributed by atoms with Crippen molar-refractivity contribution in [2.24, 2.45) is 5.92 Å². The molecular weight excluding hydrogens is 417 g/mol. The van der Waals surface area contributed by atoms with Gasteiger partial charge in [0.1, 0.15) is 0 Å². The molecule has 1 aliphatic rings. The smallest absolute Gasteiger partial charge is 0.307 e. The van der Waals surface area contributed by atoms with E-state index < -0.39 is 5.97 Å². The van der Waals surface area contributed by atoms with Crippen molar-refractivity contribution >= 4 is 29.2 Å². The predicted molar refractivity (Wildman–Crippen MR) is 122 cm³/mol. The van der Waals surface area contributed by atoms with Crippen molar-refractivity contribution in [3.05, 3.63) is 94.0 Å². The Hall–Kier alpha value is -2.33. The van der Waals surface area contributed by atoms with Crippen LogP contribution in [0.1, 0.15) is 30.0 Å². The molecule has 4 rings (SSSR count). The van der Waals surface area contributed by atoms with Crippen LogP contribution in [0.5, 0.6) is 0 Å². The third-order valence-electron chi connectivity index (χ3n) is 5.78. The standard InChI is InChI=1S/C25H23Cl2NO2/c26-22-10-4-9-21(23(22)27)24(28-15-5-8-20(16-28)25(29)30)19-13-11-18(12-14-19)17-6-2-1-3-7-17/h1-4,6-7,9-14,20,24H,5,8,15-16H2,(H,29,30). The van der Waals surface area contributed by atoms with E-state index in [1.165, 1.54) is 0 Å². The number of carboxylic acids is 1. The third kappa shape index (κ3) is 4.39. The molecule has 0 saturated carbocycles. The van der Waals surface area contributed by atoms with E-state index in [0.717, 1.165) is 35.2 Å². The maximum absolute atomic E-state index is 11.6. The van der Waals surface area contributed by atoms with Crippen molar-refractivity contribution in [3.63, 3.8) is 0 Å². The van der Waals surface area contributed by atoms with Crippen LogP contribution >= 0.6 is 23.2 Å². The van der Waals surface area contributed by atoms with Gasteiger partial charge < -0.3 is 5.11 Å². The van der Waals surface area contributed by atoms with Crippen molar-refractivity contribution in [2.75, 3.05) is 13.1 Å². The van der Waals surface area contributed by atoms with Gasteiger partial charge in [-0.05, 0) is 47.7 Å². The zero-order chi connectivity index (χ0) is 21.1. The maximum Gasteiger partial charge on any atom is 0.307 e. The van der Waals surface area contributed by atoms with Gasteiger partial charge in [0.15, 0.2) is 0 Å². The van der Waals surface area contributed by atoms with Gasteiger partial charge in [-0.1, -0.05) is 89.9 Å². The minimum atomic E-state index is -0.741. The minimum Gasteiger partial charge on any atom is -0.481 e. The second-order valence-corrected chi connectivity index (χ2v) is 8.49. The zero-order valence-corrected chi connectivity index (χ0v) is 18.0. The number of hydrogen-bond acceptors (Lipinski definition) is 2. The summed E-state index contributed by atoms with van der Waals surface area (Å²) in [4.78, 5) is 13.9. The molecule has 1 heterocycles. The van der Waals surface area contributed by atoms with Crippen LogP contribution in [0.25, 0.3) is 11.1 Å². The molecule has 0 radical (unpaired) electrons. The van der Waals surface area contributed by atoms with E-state index in [0.29, 0.717) is 23.0 Å². The van der Waals surface area contributed by atoms with Gasteiger partial charge in [0, 0.05) is 6.54 Å². The highest BCUT2D eigenvalue weighted by molar-refractivity contribution is 6.42. The lowest BCUT2D eigenvalue weighted by Crippen LogP contribution is -2.41. The molecule has 0 aliphatic carbocycles. The summed E-state index contributed by atoms with van der Waals surface area (Å²) in [5.74, 6) is -1.11. The van der Waals surface area contributed by atoms with Crippen molar-refractivity contribution < 1.29 is 9.90 Å². The van der Waals surface area contributed by atoms with Crippen LogP contribution in [0.15, 0.2) is 72.8 Å². The van der Waals surface area contributed by atoms with E-state index in [1.54, 1.807) is 6.07 Å². The van der Waals surface area contributed by atoms with Crippen molar-refractivity contribution in [1.82, 2.24) is 4.90 Å². The van der Waals surface area contributed by atoms with Gasteiger partial charge in [-0.2, -0.15) is 0 Å². The lowest BCUT2D eigenvalue weighted by Gasteiger charge is -2.38. The van der Waals surface area contributed by atoms with E-state index in [-0.39, 0.29) is 12.0 Å². The van der Waals surface area contributed by atoms with Gasteiger partial charge in [0.05, 0.1) is 22.0 Å². The zero-order valence-electron chi connectivity index (χ0n) is 16.5. The average molecular weight is 440 g/mol. The average Bonchev–Trinajstić information content (AvgIpc) is 2.78. The van der Waals surface area contributed by atoms with Crippen LogP contribution in [-0.4, -0.2) is 29.1 Å². The third-order valence-corrected chi connectivity index (χ3v) is 6.61. The summed E-state index contributed by atoms with van der Waals surface area (Å²) < 4.78 is 0. The predicted octanol–water partition coefficient (Wildman–Crippen LogP) is 6.55. The number of carbonyl (C=O) groups is 1. The topological polar surface area (TPSA) is 40.5 Å². The first kappa shape index (κ1) is 20.9. The second kappa shape index (κ2) is 9.22. The number of nitrogens with zero attached hydrogens (tertiary/aromatic N) is 1. The molecule has 0 aromatic heterocycles. The van der Waals surface area contributed by atoms with E-state index in [9.17, 15) is 9.90 Å². The molecular formula is C25H23Cl2NO2. The molecule has 1 N–H and O–H groups in total. The van der Waals surface area contributed by atoms with Crippen LogP contribution in [0.2, 0.25) is 10.0 Å². The Bertz CT molecular complexity index is 1020. The molecule has 3 nitrogen and oxygen atoms in total. The van der Waals surface area contributed by atoms with Gasteiger partial charge in [-0.15, -0.1) is 0 Å². The summed E-state index contributed by atoms with van der Waals surface area (Å²) in [7, 11) is 0. The molecule has 3 aromatic rings. The molecule has 3 aromatic carbocycles. The summed E-state index contributed by atoms with van der Waals surface area (Å²) in [6.45, 7) is 1.31. The summed E-state index contributed by atoms with van der Waals surface area (Å²) in [6.07, 6.45) is 1.54. The highest BCUT2D eigenvalue weighted by Crippen LogP contribution is 2.39. The van der Waals surface area contributed by atoms with Crippen LogP contribution < -0.4 is 0 Å². The molecule has 0 amide bonds. The lowest BCUT2D eigenvalue weighted by molar-refractivity contribution is -0.143. The summed E-state index contributed by atoms with van der Waals surface area (Å²) >= 11 is 12.9. The molecule has 30 heavy (non-hydrogen) atoms. The summed E-state index contributed by atoms with van der Waals surface area (Å²) in [5.41, 5.74) is 4.27. The Kier molecular flexibility index (Phi) is 6.43. The number of carboxylic acid groups (broad SMARTS) is 1. The quantitative estimate of drug-likeness (QED) is 0.489. The Morgan fingerprint density at radius 3 is 2.33 bits per heavy atom. The van der Waals surface area contributed by atoms with Crippen molar-refractivity contribution in [1.29, 1.82) is 0 Å². The van der Waals surface area contributed by atoms with Gasteiger partial charge in [0.2, 0.25) is 0 Å². The molecule has 1 fully saturated rings. The molecule has 2 unspecified atom stereocenters. The number of piperidine rings is 1. The summed E-state index contributed by atoms with van der Waals surface area (Å²) in [6, 6.07) is 24.2. The number of likely N-dealkylation sites (tertiary alicyclic amines) is 1. The Labute approximate surface area is 186 Å². The largest absolute Gasteiger partial charge is 0.481 e. The molecule has 5 heteroatoms. The fourth-order valence-corrected chi connectivity index (χ4v) is 4.66. The monoisotopic (exact) mass is 439 g/mol.